The smallest absolute Gasteiger partial charge is 0.410 e. The van der Waals surface area contributed by atoms with Crippen molar-refractivity contribution in [2.24, 2.45) is 11.8 Å². The number of epoxide rings is 1. The number of esters is 1. The summed E-state index contributed by atoms with van der Waals surface area (Å²) in [7, 11) is 0. The number of allylic oxidation sites excluding steroid dienone is 2. The molecule has 3 aliphatic rings. The van der Waals surface area contributed by atoms with Crippen molar-refractivity contribution in [3.63, 3.8) is 0 Å². The van der Waals surface area contributed by atoms with Crippen molar-refractivity contribution in [2.75, 3.05) is 26.2 Å². The van der Waals surface area contributed by atoms with Crippen molar-refractivity contribution in [1.82, 2.24) is 9.80 Å². The van der Waals surface area contributed by atoms with Crippen LogP contribution in [0.3, 0.4) is 0 Å². The maximum atomic E-state index is 13.5. The Bertz CT molecular complexity index is 1390. The third kappa shape index (κ3) is 12.7. The third-order valence-corrected chi connectivity index (χ3v) is 10.3. The minimum absolute atomic E-state index is 0.00325. The summed E-state index contributed by atoms with van der Waals surface area (Å²) in [4.78, 5) is 30.5. The van der Waals surface area contributed by atoms with E-state index in [4.69, 9.17) is 14.2 Å². The number of hydrogen-bond acceptors (Lipinski definition) is 9. The lowest BCUT2D eigenvalue weighted by Crippen LogP contribution is -2.37. The van der Waals surface area contributed by atoms with Crippen LogP contribution >= 0.6 is 0 Å². The van der Waals surface area contributed by atoms with Crippen molar-refractivity contribution in [3.05, 3.63) is 84.0 Å². The molecule has 0 bridgehead atoms. The molecule has 1 aromatic rings. The van der Waals surface area contributed by atoms with Gasteiger partial charge in [0.05, 0.1) is 36.4 Å². The average molecular weight is 709 g/mol. The topological polar surface area (TPSA) is 132 Å². The van der Waals surface area contributed by atoms with Crippen LogP contribution in [0.25, 0.3) is 0 Å². The van der Waals surface area contributed by atoms with Crippen LogP contribution in [0.4, 0.5) is 4.79 Å². The maximum absolute atomic E-state index is 13.5. The second kappa shape index (κ2) is 19.0. The molecule has 10 heteroatoms. The number of carbonyl (C=O) groups excluding carboxylic acids is 2. The van der Waals surface area contributed by atoms with Gasteiger partial charge in [0.25, 0.3) is 0 Å². The predicted octanol–water partition coefficient (Wildman–Crippen LogP) is 5.72. The molecule has 0 aromatic heterocycles. The Hall–Kier alpha value is -3.28. The summed E-state index contributed by atoms with van der Waals surface area (Å²) >= 11 is 0. The lowest BCUT2D eigenvalue weighted by atomic mass is 9.91. The lowest BCUT2D eigenvalue weighted by molar-refractivity contribution is -0.151. The van der Waals surface area contributed by atoms with Gasteiger partial charge in [-0.3, -0.25) is 9.69 Å². The van der Waals surface area contributed by atoms with Gasteiger partial charge in [0.2, 0.25) is 0 Å². The Morgan fingerprint density at radius 3 is 2.65 bits per heavy atom. The number of nitrogens with zero attached hydrogens (tertiary/aromatic N) is 2. The molecule has 1 aromatic carbocycles. The van der Waals surface area contributed by atoms with Gasteiger partial charge in [-0.15, -0.1) is 0 Å². The van der Waals surface area contributed by atoms with Crippen LogP contribution in [0.15, 0.2) is 78.4 Å². The molecule has 0 saturated carbocycles. The fourth-order valence-corrected chi connectivity index (χ4v) is 6.92. The lowest BCUT2D eigenvalue weighted by Gasteiger charge is -2.27. The Balaban J connectivity index is 1.41. The van der Waals surface area contributed by atoms with Gasteiger partial charge in [-0.05, 0) is 62.3 Å². The average Bonchev–Trinajstić information content (AvgIpc) is 3.89. The first-order valence-electron chi connectivity index (χ1n) is 18.6. The number of ether oxygens (including phenoxy) is 3. The minimum Gasteiger partial charge on any atom is -0.457 e. The minimum atomic E-state index is -1.14. The van der Waals surface area contributed by atoms with Crippen molar-refractivity contribution in [2.45, 2.75) is 122 Å². The first kappa shape index (κ1) is 40.5. The van der Waals surface area contributed by atoms with E-state index in [1.165, 1.54) is 5.56 Å². The molecule has 3 heterocycles. The summed E-state index contributed by atoms with van der Waals surface area (Å²) < 4.78 is 17.7. The van der Waals surface area contributed by atoms with Crippen molar-refractivity contribution in [1.29, 1.82) is 0 Å². The molecule has 4 rings (SSSR count). The van der Waals surface area contributed by atoms with Crippen LogP contribution in [0, 0.1) is 11.8 Å². The molecule has 3 aliphatic heterocycles. The van der Waals surface area contributed by atoms with Crippen molar-refractivity contribution < 1.29 is 39.1 Å². The molecule has 9 atom stereocenters. The van der Waals surface area contributed by atoms with Crippen molar-refractivity contribution >= 4 is 12.1 Å². The molecule has 10 nitrogen and oxygen atoms in total. The molecule has 0 radical (unpaired) electrons. The first-order chi connectivity index (χ1) is 24.3. The van der Waals surface area contributed by atoms with E-state index >= 15 is 0 Å². The standard InChI is InChI=1S/C41H60N2O8/c1-7-34(45)31(5)39-36(49-39)26-41(6,48)20-11-13-29(3)38-30(4)17-19-35(28(2)16-18-33(44)25-37(46)51-38)50-40(47)43-22-12-21-42(23-24-43)27-32-14-9-8-10-15-32/h8-11,13-15,17,19-20,30-31,33-36,38-39,44-45,48H,2,7,12,16,18,21-27H2,1,3-6H3/b19-17+,20-11+,29-13+. The van der Waals surface area contributed by atoms with Crippen LogP contribution in [-0.2, 0) is 25.5 Å². The Morgan fingerprint density at radius 1 is 1.18 bits per heavy atom. The molecule has 51 heavy (non-hydrogen) atoms. The monoisotopic (exact) mass is 708 g/mol. The number of rotatable bonds is 11. The highest BCUT2D eigenvalue weighted by molar-refractivity contribution is 5.70. The molecule has 0 aliphatic carbocycles. The van der Waals surface area contributed by atoms with Gasteiger partial charge in [-0.1, -0.05) is 82.0 Å². The second-order valence-corrected chi connectivity index (χ2v) is 14.9. The SMILES string of the molecule is C=C1CCC(O)CC(=O)OC(/C(C)=C/C=C/C(C)(O)CC2OC2C(C)C(O)CC)C(C)/C=C/C1OC(=O)N1CCCN(Cc2ccccc2)CC1. The summed E-state index contributed by atoms with van der Waals surface area (Å²) in [6, 6.07) is 10.3. The van der Waals surface area contributed by atoms with Crippen LogP contribution < -0.4 is 0 Å². The number of carbonyl (C=O) groups is 2. The predicted molar refractivity (Wildman–Crippen MR) is 198 cm³/mol. The van der Waals surface area contributed by atoms with E-state index in [1.54, 1.807) is 30.1 Å². The highest BCUT2D eigenvalue weighted by atomic mass is 16.6. The number of hydrogen-bond donors (Lipinski definition) is 3. The summed E-state index contributed by atoms with van der Waals surface area (Å²) in [5, 5.41) is 31.9. The summed E-state index contributed by atoms with van der Waals surface area (Å²) in [6.45, 7) is 17.2. The summed E-state index contributed by atoms with van der Waals surface area (Å²) in [5.41, 5.74) is 1.50. The Morgan fingerprint density at radius 2 is 1.92 bits per heavy atom. The molecular formula is C41H60N2O8. The third-order valence-electron chi connectivity index (χ3n) is 10.3. The number of cyclic esters (lactones) is 1. The molecule has 3 N–H and O–H groups in total. The number of amides is 1. The maximum Gasteiger partial charge on any atom is 0.410 e. The van der Waals surface area contributed by atoms with E-state index in [1.807, 2.05) is 58.0 Å². The zero-order chi connectivity index (χ0) is 37.1. The van der Waals surface area contributed by atoms with Crippen LogP contribution in [0.2, 0.25) is 0 Å². The molecule has 1 amide bonds. The highest BCUT2D eigenvalue weighted by Crippen LogP contribution is 2.37. The normalized spacial score (nSPS) is 30.3. The fraction of sp³-hybridized carbons (Fsp3) is 0.610. The molecular weight excluding hydrogens is 648 g/mol. The number of aliphatic hydroxyl groups is 3. The van der Waals surface area contributed by atoms with E-state index in [9.17, 15) is 24.9 Å². The van der Waals surface area contributed by atoms with Gasteiger partial charge in [-0.25, -0.2) is 4.79 Å². The molecule has 282 valence electrons. The van der Waals surface area contributed by atoms with Crippen LogP contribution in [0.5, 0.6) is 0 Å². The molecule has 2 fully saturated rings. The van der Waals surface area contributed by atoms with Crippen LogP contribution in [0.1, 0.15) is 78.7 Å². The Labute approximate surface area is 304 Å². The van der Waals surface area contributed by atoms with E-state index in [2.05, 4.69) is 23.6 Å². The zero-order valence-electron chi connectivity index (χ0n) is 31.2. The van der Waals surface area contributed by atoms with E-state index in [-0.39, 0.29) is 36.9 Å². The van der Waals surface area contributed by atoms with Gasteiger partial charge < -0.3 is 34.4 Å². The van der Waals surface area contributed by atoms with Gasteiger partial charge in [0.15, 0.2) is 0 Å². The molecule has 2 saturated heterocycles. The van der Waals surface area contributed by atoms with Crippen LogP contribution in [-0.4, -0.2) is 106 Å². The molecule has 0 spiro atoms. The van der Waals surface area contributed by atoms with Gasteiger partial charge in [0, 0.05) is 51.0 Å². The van der Waals surface area contributed by atoms with E-state index in [0.717, 1.165) is 31.6 Å². The summed E-state index contributed by atoms with van der Waals surface area (Å²) in [5.74, 6) is -0.813. The second-order valence-electron chi connectivity index (χ2n) is 14.9. The molecule has 9 unspecified atom stereocenters. The van der Waals surface area contributed by atoms with Crippen molar-refractivity contribution in [3.8, 4) is 0 Å². The largest absolute Gasteiger partial charge is 0.457 e. The van der Waals surface area contributed by atoms with Gasteiger partial charge in [-0.2, -0.15) is 0 Å². The first-order valence-corrected chi connectivity index (χ1v) is 18.6. The number of aliphatic hydroxyl groups excluding tert-OH is 2. The summed E-state index contributed by atoms with van der Waals surface area (Å²) in [6.07, 6.45) is 8.00. The number of benzene rings is 1. The van der Waals surface area contributed by atoms with Gasteiger partial charge >= 0.3 is 12.1 Å². The van der Waals surface area contributed by atoms with Gasteiger partial charge in [0.1, 0.15) is 12.2 Å². The zero-order valence-corrected chi connectivity index (χ0v) is 31.2. The quantitative estimate of drug-likeness (QED) is 0.114. The van der Waals surface area contributed by atoms with E-state index < -0.39 is 42.1 Å². The van der Waals surface area contributed by atoms with E-state index in [0.29, 0.717) is 37.9 Å². The fourth-order valence-electron chi connectivity index (χ4n) is 6.92. The Kier molecular flexibility index (Phi) is 15.1. The highest BCUT2D eigenvalue weighted by Gasteiger charge is 2.47.